The van der Waals surface area contributed by atoms with Crippen LogP contribution >= 0.6 is 0 Å². The van der Waals surface area contributed by atoms with E-state index in [1.165, 1.54) is 5.56 Å². The molecule has 3 nitrogen and oxygen atoms in total. The average molecular weight is 295 g/mol. The molecule has 3 rings (SSSR count). The van der Waals surface area contributed by atoms with Crippen molar-refractivity contribution in [3.05, 3.63) is 58.0 Å². The molecule has 0 saturated heterocycles. The maximum absolute atomic E-state index is 11.1. The third-order valence-electron chi connectivity index (χ3n) is 4.24. The lowest BCUT2D eigenvalue weighted by atomic mass is 9.91. The van der Waals surface area contributed by atoms with Gasteiger partial charge in [-0.1, -0.05) is 38.1 Å². The van der Waals surface area contributed by atoms with Crippen LogP contribution in [-0.4, -0.2) is 12.2 Å². The van der Waals surface area contributed by atoms with E-state index in [0.29, 0.717) is 17.4 Å². The highest BCUT2D eigenvalue weighted by molar-refractivity contribution is 5.69. The average Bonchev–Trinajstić information content (AvgIpc) is 2.85. The number of ether oxygens (including phenoxy) is 1. The van der Waals surface area contributed by atoms with Crippen LogP contribution in [0.1, 0.15) is 30.9 Å². The van der Waals surface area contributed by atoms with Gasteiger partial charge in [0.15, 0.2) is 0 Å². The number of aliphatic hydroxyl groups is 1. The Kier molecular flexibility index (Phi) is 3.45. The number of anilines is 1. The smallest absolute Gasteiger partial charge is 0.132 e. The van der Waals surface area contributed by atoms with Crippen LogP contribution in [0.25, 0.3) is 12.2 Å². The van der Waals surface area contributed by atoms with Gasteiger partial charge in [-0.25, -0.2) is 0 Å². The predicted octanol–water partition coefficient (Wildman–Crippen LogP) is 1.86. The first-order valence-electron chi connectivity index (χ1n) is 7.45. The lowest BCUT2D eigenvalue weighted by Gasteiger charge is -2.22. The molecule has 0 radical (unpaired) electrons. The molecule has 0 heterocycles. The number of nitrogens with two attached hydrogens (primary N) is 1. The summed E-state index contributed by atoms with van der Waals surface area (Å²) in [5.74, 6) is 1.09. The van der Waals surface area contributed by atoms with Crippen molar-refractivity contribution in [3.63, 3.8) is 0 Å². The highest BCUT2D eigenvalue weighted by Crippen LogP contribution is 2.36. The normalized spacial score (nSPS) is 19.5. The van der Waals surface area contributed by atoms with Crippen molar-refractivity contribution in [2.45, 2.75) is 25.4 Å². The zero-order valence-corrected chi connectivity index (χ0v) is 13.1. The van der Waals surface area contributed by atoms with Gasteiger partial charge in [0, 0.05) is 16.5 Å². The van der Waals surface area contributed by atoms with E-state index in [-0.39, 0.29) is 0 Å². The summed E-state index contributed by atoms with van der Waals surface area (Å²) in [6.45, 7) is 4.26. The van der Waals surface area contributed by atoms with Crippen LogP contribution < -0.4 is 20.9 Å². The van der Waals surface area contributed by atoms with Crippen LogP contribution in [0.2, 0.25) is 0 Å². The predicted molar refractivity (Wildman–Crippen MR) is 90.0 cm³/mol. The van der Waals surface area contributed by atoms with Crippen LogP contribution in [0, 0.1) is 0 Å². The van der Waals surface area contributed by atoms with Gasteiger partial charge >= 0.3 is 0 Å². The molecule has 3 N–H and O–H groups in total. The molecule has 0 bridgehead atoms. The maximum Gasteiger partial charge on any atom is 0.132 e. The molecule has 0 fully saturated rings. The van der Waals surface area contributed by atoms with Crippen molar-refractivity contribution in [2.24, 2.45) is 0 Å². The number of hydrogen-bond donors (Lipinski definition) is 2. The summed E-state index contributed by atoms with van der Waals surface area (Å²) < 4.78 is 5.51. The molecular weight excluding hydrogens is 274 g/mol. The highest BCUT2D eigenvalue weighted by atomic mass is 16.5. The standard InChI is InChI=1S/C19H21NO2/c1-12(2)13-7-8-16(18(9-13)22-3)19(21)10-14-5-4-6-17(20)15(14)11-19/h4-12,21H,20H2,1-3H3. The van der Waals surface area contributed by atoms with Crippen molar-refractivity contribution in [2.75, 3.05) is 12.8 Å². The van der Waals surface area contributed by atoms with E-state index in [9.17, 15) is 5.11 Å². The molecule has 1 aliphatic carbocycles. The third kappa shape index (κ3) is 2.28. The first-order chi connectivity index (χ1) is 10.4. The third-order valence-corrected chi connectivity index (χ3v) is 4.24. The van der Waals surface area contributed by atoms with Gasteiger partial charge in [0.25, 0.3) is 0 Å². The molecule has 3 heteroatoms. The largest absolute Gasteiger partial charge is 0.496 e. The summed E-state index contributed by atoms with van der Waals surface area (Å²) in [5.41, 5.74) is 7.40. The van der Waals surface area contributed by atoms with E-state index >= 15 is 0 Å². The van der Waals surface area contributed by atoms with Gasteiger partial charge in [0.1, 0.15) is 11.4 Å². The fraction of sp³-hybridized carbons (Fsp3) is 0.263. The molecule has 2 aromatic rings. The van der Waals surface area contributed by atoms with Crippen molar-refractivity contribution >= 4 is 17.8 Å². The summed E-state index contributed by atoms with van der Waals surface area (Å²) in [7, 11) is 1.63. The van der Waals surface area contributed by atoms with Gasteiger partial charge in [0.05, 0.1) is 7.11 Å². The van der Waals surface area contributed by atoms with E-state index in [1.807, 2.05) is 42.5 Å². The topological polar surface area (TPSA) is 55.5 Å². The fourth-order valence-electron chi connectivity index (χ4n) is 2.95. The quantitative estimate of drug-likeness (QED) is 0.850. The first kappa shape index (κ1) is 14.7. The minimum absolute atomic E-state index is 0.405. The molecule has 114 valence electrons. The Morgan fingerprint density at radius 2 is 1.91 bits per heavy atom. The highest BCUT2D eigenvalue weighted by Gasteiger charge is 2.30. The van der Waals surface area contributed by atoms with Gasteiger partial charge in [-0.15, -0.1) is 0 Å². The monoisotopic (exact) mass is 295 g/mol. The zero-order chi connectivity index (χ0) is 15.9. The lowest BCUT2D eigenvalue weighted by Crippen LogP contribution is -2.24. The first-order valence-corrected chi connectivity index (χ1v) is 7.45. The maximum atomic E-state index is 11.1. The minimum atomic E-state index is -1.20. The second-order valence-electron chi connectivity index (χ2n) is 6.08. The summed E-state index contributed by atoms with van der Waals surface area (Å²) in [6, 6.07) is 11.6. The van der Waals surface area contributed by atoms with Crippen LogP contribution in [-0.2, 0) is 5.60 Å². The van der Waals surface area contributed by atoms with Crippen LogP contribution in [0.4, 0.5) is 5.69 Å². The molecule has 1 unspecified atom stereocenters. The van der Waals surface area contributed by atoms with Gasteiger partial charge < -0.3 is 15.6 Å². The molecule has 0 amide bonds. The van der Waals surface area contributed by atoms with E-state index in [1.54, 1.807) is 13.2 Å². The second-order valence-corrected chi connectivity index (χ2v) is 6.08. The number of nitrogen functional groups attached to an aromatic ring is 1. The minimum Gasteiger partial charge on any atom is -0.496 e. The van der Waals surface area contributed by atoms with E-state index in [2.05, 4.69) is 13.8 Å². The Hall–Kier alpha value is -2.26. The van der Waals surface area contributed by atoms with E-state index in [0.717, 1.165) is 16.0 Å². The van der Waals surface area contributed by atoms with Gasteiger partial charge in [-0.05, 0) is 41.0 Å². The van der Waals surface area contributed by atoms with Crippen LogP contribution in [0.5, 0.6) is 5.75 Å². The molecule has 1 aliphatic rings. The summed E-state index contributed by atoms with van der Waals surface area (Å²) in [4.78, 5) is 0. The molecular formula is C19H21NO2. The van der Waals surface area contributed by atoms with Gasteiger partial charge in [-0.2, -0.15) is 0 Å². The fourth-order valence-corrected chi connectivity index (χ4v) is 2.95. The summed E-state index contributed by atoms with van der Waals surface area (Å²) in [5, 5.41) is 12.9. The molecule has 22 heavy (non-hydrogen) atoms. The molecule has 2 aromatic carbocycles. The number of hydrogen-bond acceptors (Lipinski definition) is 3. The van der Waals surface area contributed by atoms with Crippen LogP contribution in [0.15, 0.2) is 36.4 Å². The molecule has 0 aliphatic heterocycles. The molecule has 0 spiro atoms. The Balaban J connectivity index is 2.18. The lowest BCUT2D eigenvalue weighted by molar-refractivity contribution is 0.174. The van der Waals surface area contributed by atoms with E-state index < -0.39 is 5.60 Å². The number of fused-ring (bicyclic) bond motifs is 1. The van der Waals surface area contributed by atoms with Gasteiger partial charge in [-0.3, -0.25) is 0 Å². The van der Waals surface area contributed by atoms with Crippen molar-refractivity contribution in [1.29, 1.82) is 0 Å². The number of benzene rings is 2. The molecule has 0 aromatic heterocycles. The van der Waals surface area contributed by atoms with Crippen LogP contribution in [0.3, 0.4) is 0 Å². The van der Waals surface area contributed by atoms with Crippen molar-refractivity contribution in [3.8, 4) is 5.75 Å². The Labute approximate surface area is 130 Å². The molecule has 1 atom stereocenters. The van der Waals surface area contributed by atoms with Crippen molar-refractivity contribution in [1.82, 2.24) is 0 Å². The van der Waals surface area contributed by atoms with E-state index in [4.69, 9.17) is 10.5 Å². The van der Waals surface area contributed by atoms with Crippen molar-refractivity contribution < 1.29 is 9.84 Å². The summed E-state index contributed by atoms with van der Waals surface area (Å²) in [6.07, 6.45) is 3.62. The Morgan fingerprint density at radius 1 is 1.14 bits per heavy atom. The second kappa shape index (κ2) is 5.18. The van der Waals surface area contributed by atoms with Gasteiger partial charge in [0.2, 0.25) is 0 Å². The summed E-state index contributed by atoms with van der Waals surface area (Å²) >= 11 is 0. The number of rotatable bonds is 3. The number of methoxy groups -OCH3 is 1. The Morgan fingerprint density at radius 3 is 2.55 bits per heavy atom. The molecule has 0 saturated carbocycles. The zero-order valence-electron chi connectivity index (χ0n) is 13.1. The SMILES string of the molecule is COc1cc(C(C)C)ccc1C1(O)C=c2cccc(N)c2=C1. The Bertz CT molecular complexity index is 839.